The smallest absolute Gasteiger partial charge is 0.0931 e. The quantitative estimate of drug-likeness (QED) is 0.417. The summed E-state index contributed by atoms with van der Waals surface area (Å²) in [5, 5.41) is 11.1. The lowest BCUT2D eigenvalue weighted by molar-refractivity contribution is 0.257. The molecule has 0 atom stereocenters. The second-order valence-electron chi connectivity index (χ2n) is 2.34. The molecule has 0 heterocycles. The number of nitrogens with one attached hydrogen (secondary N) is 1. The Morgan fingerprint density at radius 2 is 2.12 bits per heavy atom. The summed E-state index contributed by atoms with van der Waals surface area (Å²) in [7, 11) is 0. The van der Waals surface area contributed by atoms with Crippen molar-refractivity contribution in [3.63, 3.8) is 0 Å². The summed E-state index contributed by atoms with van der Waals surface area (Å²) in [6.45, 7) is 5.36. The van der Waals surface area contributed by atoms with Crippen LogP contribution < -0.4 is 5.32 Å². The fourth-order valence-corrected chi connectivity index (χ4v) is 0.470. The first kappa shape index (κ1) is 7.92. The van der Waals surface area contributed by atoms with Crippen LogP contribution >= 0.6 is 0 Å². The van der Waals surface area contributed by atoms with Crippen molar-refractivity contribution in [2.24, 2.45) is 5.92 Å². The van der Waals surface area contributed by atoms with E-state index < -0.39 is 0 Å². The highest BCUT2D eigenvalue weighted by Crippen LogP contribution is 1.95. The number of hydrogen-bond acceptors (Lipinski definition) is 2. The number of aliphatic hydroxyl groups excluding tert-OH is 1. The summed E-state index contributed by atoms with van der Waals surface area (Å²) in [5.41, 5.74) is 0. The van der Waals surface area contributed by atoms with Crippen LogP contribution in [0.4, 0.5) is 0 Å². The summed E-state index contributed by atoms with van der Waals surface area (Å²) in [5.74, 6) is 0.731. The lowest BCUT2D eigenvalue weighted by Gasteiger charge is -2.02. The van der Waals surface area contributed by atoms with E-state index in [0.717, 1.165) is 18.9 Å². The predicted octanol–water partition coefficient (Wildman–Crippen LogP) is 0.572. The Bertz CT molecular complexity index is 45.8. The topological polar surface area (TPSA) is 32.3 Å². The van der Waals surface area contributed by atoms with Gasteiger partial charge in [0.25, 0.3) is 0 Å². The summed E-state index contributed by atoms with van der Waals surface area (Å²) in [6, 6.07) is 0. The minimum absolute atomic E-state index is 0.104. The first-order valence-corrected chi connectivity index (χ1v) is 3.09. The van der Waals surface area contributed by atoms with Crippen LogP contribution in [0.3, 0.4) is 0 Å². The molecule has 0 saturated heterocycles. The molecule has 0 aliphatic carbocycles. The Morgan fingerprint density at radius 1 is 1.50 bits per heavy atom. The van der Waals surface area contributed by atoms with E-state index >= 15 is 0 Å². The van der Waals surface area contributed by atoms with Gasteiger partial charge in [0.15, 0.2) is 0 Å². The van der Waals surface area contributed by atoms with Gasteiger partial charge < -0.3 is 5.11 Å². The minimum Gasteiger partial charge on any atom is -0.381 e. The van der Waals surface area contributed by atoms with E-state index in [-0.39, 0.29) is 6.73 Å². The maximum Gasteiger partial charge on any atom is 0.0931 e. The molecule has 8 heavy (non-hydrogen) atoms. The third-order valence-electron chi connectivity index (χ3n) is 1.01. The Morgan fingerprint density at radius 3 is 2.50 bits per heavy atom. The van der Waals surface area contributed by atoms with Gasteiger partial charge in [-0.1, -0.05) is 13.8 Å². The van der Waals surface area contributed by atoms with E-state index in [1.54, 1.807) is 0 Å². The second kappa shape index (κ2) is 5.06. The van der Waals surface area contributed by atoms with Crippen molar-refractivity contribution in [1.29, 1.82) is 0 Å². The Kier molecular flexibility index (Phi) is 5.01. The molecular formula is C6H15NO. The van der Waals surface area contributed by atoms with E-state index in [1.165, 1.54) is 0 Å². The molecular weight excluding hydrogens is 102 g/mol. The molecule has 0 amide bonds. The Balaban J connectivity index is 2.72. The van der Waals surface area contributed by atoms with Gasteiger partial charge in [0.1, 0.15) is 0 Å². The molecule has 2 heteroatoms. The fraction of sp³-hybridized carbons (Fsp3) is 1.00. The van der Waals surface area contributed by atoms with Gasteiger partial charge in [-0.2, -0.15) is 0 Å². The van der Waals surface area contributed by atoms with E-state index in [1.807, 2.05) is 0 Å². The summed E-state index contributed by atoms with van der Waals surface area (Å²) in [6.07, 6.45) is 1.14. The lowest BCUT2D eigenvalue weighted by atomic mass is 10.1. The zero-order valence-electron chi connectivity index (χ0n) is 5.65. The molecule has 0 aromatic rings. The lowest BCUT2D eigenvalue weighted by Crippen LogP contribution is -2.17. The predicted molar refractivity (Wildman–Crippen MR) is 34.5 cm³/mol. The van der Waals surface area contributed by atoms with E-state index in [4.69, 9.17) is 5.11 Å². The van der Waals surface area contributed by atoms with Crippen molar-refractivity contribution in [2.45, 2.75) is 20.3 Å². The first-order valence-electron chi connectivity index (χ1n) is 3.09. The van der Waals surface area contributed by atoms with Crippen LogP contribution in [0.1, 0.15) is 20.3 Å². The summed E-state index contributed by atoms with van der Waals surface area (Å²) < 4.78 is 0. The van der Waals surface area contributed by atoms with Crippen molar-refractivity contribution in [3.8, 4) is 0 Å². The van der Waals surface area contributed by atoms with Gasteiger partial charge in [-0.25, -0.2) is 0 Å². The highest BCUT2D eigenvalue weighted by molar-refractivity contribution is 4.46. The zero-order valence-corrected chi connectivity index (χ0v) is 5.65. The van der Waals surface area contributed by atoms with E-state index in [2.05, 4.69) is 19.2 Å². The average molecular weight is 117 g/mol. The van der Waals surface area contributed by atoms with Gasteiger partial charge in [0.2, 0.25) is 0 Å². The molecule has 0 aromatic heterocycles. The molecule has 0 spiro atoms. The van der Waals surface area contributed by atoms with Gasteiger partial charge >= 0.3 is 0 Å². The van der Waals surface area contributed by atoms with E-state index in [9.17, 15) is 0 Å². The van der Waals surface area contributed by atoms with Gasteiger partial charge in [-0.15, -0.1) is 0 Å². The third-order valence-corrected chi connectivity index (χ3v) is 1.01. The number of rotatable bonds is 4. The van der Waals surface area contributed by atoms with Gasteiger partial charge in [0.05, 0.1) is 6.73 Å². The normalized spacial score (nSPS) is 10.5. The van der Waals surface area contributed by atoms with Gasteiger partial charge in [-0.3, -0.25) is 5.32 Å². The SMILES string of the molecule is CC(C)CCNCO. The van der Waals surface area contributed by atoms with Crippen molar-refractivity contribution in [3.05, 3.63) is 0 Å². The molecule has 0 aliphatic rings. The van der Waals surface area contributed by atoms with Crippen molar-refractivity contribution in [2.75, 3.05) is 13.3 Å². The average Bonchev–Trinajstić information content (AvgIpc) is 1.66. The van der Waals surface area contributed by atoms with Crippen molar-refractivity contribution < 1.29 is 5.11 Å². The van der Waals surface area contributed by atoms with Crippen LogP contribution in [0.2, 0.25) is 0 Å². The molecule has 0 rings (SSSR count). The number of hydrogen-bond donors (Lipinski definition) is 2. The van der Waals surface area contributed by atoms with Crippen LogP contribution in [0.5, 0.6) is 0 Å². The molecule has 0 bridgehead atoms. The standard InChI is InChI=1S/C6H15NO/c1-6(2)3-4-7-5-8/h6-8H,3-5H2,1-2H3. The molecule has 0 saturated carbocycles. The first-order chi connectivity index (χ1) is 3.77. The summed E-state index contributed by atoms with van der Waals surface area (Å²) >= 11 is 0. The zero-order chi connectivity index (χ0) is 6.41. The summed E-state index contributed by atoms with van der Waals surface area (Å²) in [4.78, 5) is 0. The van der Waals surface area contributed by atoms with E-state index in [0.29, 0.717) is 0 Å². The second-order valence-corrected chi connectivity index (χ2v) is 2.34. The molecule has 2 nitrogen and oxygen atoms in total. The van der Waals surface area contributed by atoms with Gasteiger partial charge in [-0.05, 0) is 18.9 Å². The highest BCUT2D eigenvalue weighted by atomic mass is 16.3. The molecule has 0 aliphatic heterocycles. The monoisotopic (exact) mass is 117 g/mol. The van der Waals surface area contributed by atoms with Crippen LogP contribution in [0.15, 0.2) is 0 Å². The van der Waals surface area contributed by atoms with Crippen LogP contribution in [0.25, 0.3) is 0 Å². The van der Waals surface area contributed by atoms with Gasteiger partial charge in [0, 0.05) is 0 Å². The van der Waals surface area contributed by atoms with Crippen LogP contribution in [-0.4, -0.2) is 18.4 Å². The van der Waals surface area contributed by atoms with Crippen LogP contribution in [0, 0.1) is 5.92 Å². The van der Waals surface area contributed by atoms with Crippen LogP contribution in [-0.2, 0) is 0 Å². The molecule has 0 unspecified atom stereocenters. The fourth-order valence-electron chi connectivity index (χ4n) is 0.470. The molecule has 2 N–H and O–H groups in total. The van der Waals surface area contributed by atoms with Crippen molar-refractivity contribution >= 4 is 0 Å². The molecule has 0 fully saturated rings. The maximum atomic E-state index is 8.27. The Labute approximate surface area is 50.9 Å². The molecule has 0 aromatic carbocycles. The molecule has 50 valence electrons. The highest BCUT2D eigenvalue weighted by Gasteiger charge is 1.89. The minimum atomic E-state index is 0.104. The van der Waals surface area contributed by atoms with Crippen molar-refractivity contribution in [1.82, 2.24) is 5.32 Å². The molecule has 0 radical (unpaired) electrons. The Hall–Kier alpha value is -0.0800. The number of aliphatic hydroxyl groups is 1. The largest absolute Gasteiger partial charge is 0.381 e. The maximum absolute atomic E-state index is 8.27. The third kappa shape index (κ3) is 5.92.